The Bertz CT molecular complexity index is 386. The number of aryl methyl sites for hydroxylation is 1. The molecular formula is C9H10N2O3S. The minimum Gasteiger partial charge on any atom is -0.439 e. The van der Waals surface area contributed by atoms with Crippen LogP contribution in [0, 0.1) is 6.92 Å². The van der Waals surface area contributed by atoms with Crippen LogP contribution in [-0.4, -0.2) is 35.0 Å². The Morgan fingerprint density at radius 2 is 2.40 bits per heavy atom. The Labute approximate surface area is 90.7 Å². The van der Waals surface area contributed by atoms with Gasteiger partial charge in [0.2, 0.25) is 0 Å². The van der Waals surface area contributed by atoms with Gasteiger partial charge < -0.3 is 4.74 Å². The first-order valence-corrected chi connectivity index (χ1v) is 5.42. The SMILES string of the molecule is Cc1scnc1CCN1C(=O)COC1=O. The molecule has 0 saturated carbocycles. The van der Waals surface area contributed by atoms with Gasteiger partial charge in [0.25, 0.3) is 5.91 Å². The predicted octanol–water partition coefficient (Wildman–Crippen LogP) is 0.973. The lowest BCUT2D eigenvalue weighted by molar-refractivity contribution is -0.125. The summed E-state index contributed by atoms with van der Waals surface area (Å²) < 4.78 is 4.60. The fourth-order valence-electron chi connectivity index (χ4n) is 1.38. The number of rotatable bonds is 3. The van der Waals surface area contributed by atoms with Gasteiger partial charge in [0.1, 0.15) is 0 Å². The van der Waals surface area contributed by atoms with E-state index in [1.165, 1.54) is 0 Å². The number of hydrogen-bond acceptors (Lipinski definition) is 5. The van der Waals surface area contributed by atoms with Gasteiger partial charge in [0.05, 0.1) is 11.2 Å². The molecule has 6 heteroatoms. The zero-order chi connectivity index (χ0) is 10.8. The number of amides is 2. The number of hydrogen-bond donors (Lipinski definition) is 0. The number of carbonyl (C=O) groups excluding carboxylic acids is 2. The van der Waals surface area contributed by atoms with Crippen LogP contribution in [0.25, 0.3) is 0 Å². The number of nitrogens with zero attached hydrogens (tertiary/aromatic N) is 2. The van der Waals surface area contributed by atoms with E-state index in [0.717, 1.165) is 15.5 Å². The molecule has 0 aromatic carbocycles. The van der Waals surface area contributed by atoms with Crippen molar-refractivity contribution >= 4 is 23.3 Å². The monoisotopic (exact) mass is 226 g/mol. The van der Waals surface area contributed by atoms with Gasteiger partial charge in [-0.05, 0) is 6.92 Å². The third-order valence-electron chi connectivity index (χ3n) is 2.26. The summed E-state index contributed by atoms with van der Waals surface area (Å²) >= 11 is 1.56. The van der Waals surface area contributed by atoms with E-state index >= 15 is 0 Å². The Morgan fingerprint density at radius 1 is 1.60 bits per heavy atom. The summed E-state index contributed by atoms with van der Waals surface area (Å²) in [4.78, 5) is 28.7. The van der Waals surface area contributed by atoms with Crippen molar-refractivity contribution in [1.82, 2.24) is 9.88 Å². The second-order valence-electron chi connectivity index (χ2n) is 3.21. The van der Waals surface area contributed by atoms with Crippen molar-refractivity contribution in [1.29, 1.82) is 0 Å². The molecule has 1 aliphatic rings. The molecule has 0 atom stereocenters. The van der Waals surface area contributed by atoms with Crippen LogP contribution in [0.15, 0.2) is 5.51 Å². The highest BCUT2D eigenvalue weighted by Gasteiger charge is 2.30. The molecule has 1 aromatic heterocycles. The number of imide groups is 1. The van der Waals surface area contributed by atoms with Gasteiger partial charge in [-0.2, -0.15) is 0 Å². The van der Waals surface area contributed by atoms with Gasteiger partial charge in [-0.25, -0.2) is 14.7 Å². The fourth-order valence-corrected chi connectivity index (χ4v) is 2.01. The molecule has 2 heterocycles. The van der Waals surface area contributed by atoms with Crippen LogP contribution < -0.4 is 0 Å². The van der Waals surface area contributed by atoms with E-state index in [1.807, 2.05) is 6.92 Å². The lowest BCUT2D eigenvalue weighted by Crippen LogP contribution is -2.31. The summed E-state index contributed by atoms with van der Waals surface area (Å²) in [6, 6.07) is 0. The molecule has 2 rings (SSSR count). The second kappa shape index (κ2) is 3.98. The molecule has 0 unspecified atom stereocenters. The quantitative estimate of drug-likeness (QED) is 0.770. The molecule has 0 bridgehead atoms. The molecular weight excluding hydrogens is 216 g/mol. The van der Waals surface area contributed by atoms with Crippen molar-refractivity contribution in [3.05, 3.63) is 16.1 Å². The van der Waals surface area contributed by atoms with Crippen LogP contribution in [0.1, 0.15) is 10.6 Å². The maximum absolute atomic E-state index is 11.2. The number of ether oxygens (including phenoxy) is 1. The van der Waals surface area contributed by atoms with E-state index in [-0.39, 0.29) is 12.5 Å². The van der Waals surface area contributed by atoms with Crippen LogP contribution >= 0.6 is 11.3 Å². The van der Waals surface area contributed by atoms with Gasteiger partial charge in [-0.1, -0.05) is 0 Å². The second-order valence-corrected chi connectivity index (χ2v) is 4.26. The van der Waals surface area contributed by atoms with E-state index < -0.39 is 6.09 Å². The molecule has 0 spiro atoms. The minimum atomic E-state index is -0.548. The van der Waals surface area contributed by atoms with E-state index in [9.17, 15) is 9.59 Å². The zero-order valence-corrected chi connectivity index (χ0v) is 9.04. The van der Waals surface area contributed by atoms with Crippen LogP contribution in [0.3, 0.4) is 0 Å². The molecule has 15 heavy (non-hydrogen) atoms. The summed E-state index contributed by atoms with van der Waals surface area (Å²) in [6.45, 7) is 2.19. The third kappa shape index (κ3) is 1.99. The van der Waals surface area contributed by atoms with E-state index in [1.54, 1.807) is 16.8 Å². The Balaban J connectivity index is 1.96. The predicted molar refractivity (Wildman–Crippen MR) is 53.6 cm³/mol. The third-order valence-corrected chi connectivity index (χ3v) is 3.06. The van der Waals surface area contributed by atoms with E-state index in [2.05, 4.69) is 9.72 Å². The molecule has 1 fully saturated rings. The highest BCUT2D eigenvalue weighted by atomic mass is 32.1. The van der Waals surface area contributed by atoms with E-state index in [0.29, 0.717) is 13.0 Å². The van der Waals surface area contributed by atoms with Gasteiger partial charge >= 0.3 is 6.09 Å². The number of aromatic nitrogens is 1. The number of cyclic esters (lactones) is 1. The highest BCUT2D eigenvalue weighted by Crippen LogP contribution is 2.13. The van der Waals surface area contributed by atoms with Gasteiger partial charge in [-0.15, -0.1) is 11.3 Å². The molecule has 0 N–H and O–H groups in total. The summed E-state index contributed by atoms with van der Waals surface area (Å²) in [6.07, 6.45) is 0.0452. The van der Waals surface area contributed by atoms with Gasteiger partial charge in [0.15, 0.2) is 6.61 Å². The molecule has 1 saturated heterocycles. The molecule has 0 aliphatic carbocycles. The minimum absolute atomic E-state index is 0.130. The van der Waals surface area contributed by atoms with Gasteiger partial charge in [0, 0.05) is 17.8 Å². The molecule has 80 valence electrons. The maximum Gasteiger partial charge on any atom is 0.417 e. The largest absolute Gasteiger partial charge is 0.439 e. The first-order chi connectivity index (χ1) is 7.18. The van der Waals surface area contributed by atoms with E-state index in [4.69, 9.17) is 0 Å². The van der Waals surface area contributed by atoms with Crippen molar-refractivity contribution < 1.29 is 14.3 Å². The van der Waals surface area contributed by atoms with Crippen molar-refractivity contribution in [2.75, 3.05) is 13.2 Å². The van der Waals surface area contributed by atoms with Crippen LogP contribution in [-0.2, 0) is 16.0 Å². The molecule has 1 aromatic rings. The van der Waals surface area contributed by atoms with Crippen LogP contribution in [0.2, 0.25) is 0 Å². The standard InChI is InChI=1S/C9H10N2O3S/c1-6-7(10-5-15-6)2-3-11-8(12)4-14-9(11)13/h5H,2-4H2,1H3. The molecule has 2 amide bonds. The maximum atomic E-state index is 11.2. The van der Waals surface area contributed by atoms with Crippen LogP contribution in [0.5, 0.6) is 0 Å². The Morgan fingerprint density at radius 3 is 2.93 bits per heavy atom. The lowest BCUT2D eigenvalue weighted by atomic mass is 10.2. The summed E-state index contributed by atoms with van der Waals surface area (Å²) in [5.41, 5.74) is 2.70. The molecule has 1 aliphatic heterocycles. The fraction of sp³-hybridized carbons (Fsp3) is 0.444. The van der Waals surface area contributed by atoms with Crippen molar-refractivity contribution in [3.63, 3.8) is 0 Å². The van der Waals surface area contributed by atoms with Gasteiger partial charge in [-0.3, -0.25) is 4.79 Å². The first kappa shape index (κ1) is 10.1. The Hall–Kier alpha value is -1.43. The number of carbonyl (C=O) groups is 2. The normalized spacial score (nSPS) is 15.9. The number of thiazole rings is 1. The molecule has 0 radical (unpaired) electrons. The lowest BCUT2D eigenvalue weighted by Gasteiger charge is -2.09. The van der Waals surface area contributed by atoms with Crippen molar-refractivity contribution in [2.24, 2.45) is 0 Å². The summed E-state index contributed by atoms with van der Waals surface area (Å²) in [5.74, 6) is -0.270. The average molecular weight is 226 g/mol. The average Bonchev–Trinajstić information content (AvgIpc) is 2.73. The topological polar surface area (TPSA) is 59.5 Å². The van der Waals surface area contributed by atoms with Crippen molar-refractivity contribution in [3.8, 4) is 0 Å². The van der Waals surface area contributed by atoms with Crippen LogP contribution in [0.4, 0.5) is 4.79 Å². The summed E-state index contributed by atoms with van der Waals surface area (Å²) in [5, 5.41) is 0. The smallest absolute Gasteiger partial charge is 0.417 e. The Kier molecular flexibility index (Phi) is 2.68. The summed E-state index contributed by atoms with van der Waals surface area (Å²) in [7, 11) is 0. The van der Waals surface area contributed by atoms with Crippen molar-refractivity contribution in [2.45, 2.75) is 13.3 Å². The zero-order valence-electron chi connectivity index (χ0n) is 8.23. The molecule has 5 nitrogen and oxygen atoms in total. The highest BCUT2D eigenvalue weighted by molar-refractivity contribution is 7.09. The first-order valence-electron chi connectivity index (χ1n) is 4.54.